The monoisotopic (exact) mass is 129 g/mol. The molecule has 3 heteroatoms. The van der Waals surface area contributed by atoms with Gasteiger partial charge in [-0.1, -0.05) is 0 Å². The van der Waals surface area contributed by atoms with Crippen LogP contribution in [0, 0.1) is 5.92 Å². The molecule has 0 bridgehead atoms. The molecule has 9 heavy (non-hydrogen) atoms. The lowest BCUT2D eigenvalue weighted by molar-refractivity contribution is -0.137. The van der Waals surface area contributed by atoms with E-state index in [4.69, 9.17) is 10.8 Å². The third kappa shape index (κ3) is 2.01. The van der Waals surface area contributed by atoms with E-state index >= 15 is 0 Å². The van der Waals surface area contributed by atoms with Crippen LogP contribution in [-0.2, 0) is 4.79 Å². The third-order valence-corrected chi connectivity index (χ3v) is 1.64. The van der Waals surface area contributed by atoms with Crippen molar-refractivity contribution in [2.75, 3.05) is 0 Å². The van der Waals surface area contributed by atoms with Crippen molar-refractivity contribution < 1.29 is 9.90 Å². The Hall–Kier alpha value is -0.570. The van der Waals surface area contributed by atoms with Crippen molar-refractivity contribution in [1.82, 2.24) is 0 Å². The minimum absolute atomic E-state index is 0.0949. The van der Waals surface area contributed by atoms with Crippen molar-refractivity contribution in [3.8, 4) is 0 Å². The molecule has 1 aliphatic rings. The van der Waals surface area contributed by atoms with Crippen LogP contribution in [0.5, 0.6) is 0 Å². The molecular formula is C6H11NO2. The second-order valence-corrected chi connectivity index (χ2v) is 2.60. The van der Waals surface area contributed by atoms with Gasteiger partial charge >= 0.3 is 5.97 Å². The van der Waals surface area contributed by atoms with Crippen molar-refractivity contribution in [2.24, 2.45) is 11.7 Å². The van der Waals surface area contributed by atoms with Crippen LogP contribution in [0.25, 0.3) is 0 Å². The van der Waals surface area contributed by atoms with Gasteiger partial charge in [-0.25, -0.2) is 0 Å². The number of hydrogen-bond acceptors (Lipinski definition) is 2. The van der Waals surface area contributed by atoms with Gasteiger partial charge in [-0.3, -0.25) is 4.79 Å². The average molecular weight is 129 g/mol. The zero-order valence-corrected chi connectivity index (χ0v) is 5.21. The summed E-state index contributed by atoms with van der Waals surface area (Å²) in [5, 5.41) is 8.28. The summed E-state index contributed by atoms with van der Waals surface area (Å²) in [6.45, 7) is 0. The summed E-state index contributed by atoms with van der Waals surface area (Å²) in [6, 6.07) is -0.0949. The van der Waals surface area contributed by atoms with E-state index in [0.29, 0.717) is 5.92 Å². The zero-order valence-electron chi connectivity index (χ0n) is 5.21. The van der Waals surface area contributed by atoms with Gasteiger partial charge in [-0.05, 0) is 18.8 Å². The highest BCUT2D eigenvalue weighted by atomic mass is 16.4. The molecule has 1 unspecified atom stereocenters. The first kappa shape index (κ1) is 6.55. The highest BCUT2D eigenvalue weighted by molar-refractivity contribution is 5.67. The summed E-state index contributed by atoms with van der Waals surface area (Å²) in [7, 11) is 0. The van der Waals surface area contributed by atoms with Gasteiger partial charge in [0, 0.05) is 6.04 Å². The maximum absolute atomic E-state index is 10.1. The van der Waals surface area contributed by atoms with Crippen molar-refractivity contribution in [2.45, 2.75) is 25.3 Å². The number of rotatable bonds is 3. The Labute approximate surface area is 53.9 Å². The molecule has 0 aromatic carbocycles. The quantitative estimate of drug-likeness (QED) is 0.572. The Morgan fingerprint density at radius 2 is 2.33 bits per heavy atom. The molecule has 0 spiro atoms. The Balaban J connectivity index is 2.17. The lowest BCUT2D eigenvalue weighted by Crippen LogP contribution is -2.25. The molecule has 1 saturated carbocycles. The Morgan fingerprint density at radius 1 is 1.78 bits per heavy atom. The second kappa shape index (κ2) is 2.35. The number of carboxylic acid groups (broad SMARTS) is 1. The van der Waals surface area contributed by atoms with E-state index < -0.39 is 5.97 Å². The van der Waals surface area contributed by atoms with Crippen LogP contribution in [0.1, 0.15) is 19.3 Å². The minimum atomic E-state index is -0.783. The highest BCUT2D eigenvalue weighted by Crippen LogP contribution is 2.32. The molecule has 3 nitrogen and oxygen atoms in total. The van der Waals surface area contributed by atoms with Crippen molar-refractivity contribution in [3.63, 3.8) is 0 Å². The molecule has 3 N–H and O–H groups in total. The fraction of sp³-hybridized carbons (Fsp3) is 0.833. The summed E-state index contributed by atoms with van der Waals surface area (Å²) in [5.41, 5.74) is 5.50. The van der Waals surface area contributed by atoms with E-state index in [1.165, 1.54) is 0 Å². The molecule has 0 aromatic heterocycles. The molecule has 1 atom stereocenters. The molecule has 1 aliphatic carbocycles. The first-order valence-electron chi connectivity index (χ1n) is 3.17. The second-order valence-electron chi connectivity index (χ2n) is 2.60. The maximum atomic E-state index is 10.1. The largest absolute Gasteiger partial charge is 0.481 e. The van der Waals surface area contributed by atoms with Crippen molar-refractivity contribution in [3.05, 3.63) is 0 Å². The van der Waals surface area contributed by atoms with Crippen LogP contribution in [0.3, 0.4) is 0 Å². The zero-order chi connectivity index (χ0) is 6.85. The van der Waals surface area contributed by atoms with Gasteiger partial charge in [0.25, 0.3) is 0 Å². The molecule has 0 saturated heterocycles. The molecule has 0 radical (unpaired) electrons. The van der Waals surface area contributed by atoms with Gasteiger partial charge < -0.3 is 10.8 Å². The van der Waals surface area contributed by atoms with E-state index in [1.807, 2.05) is 0 Å². The Kier molecular flexibility index (Phi) is 1.71. The number of carbonyl (C=O) groups is 1. The Bertz CT molecular complexity index is 120. The third-order valence-electron chi connectivity index (χ3n) is 1.64. The normalized spacial score (nSPS) is 21.4. The lowest BCUT2D eigenvalue weighted by Gasteiger charge is -2.03. The van der Waals surface area contributed by atoms with E-state index in [9.17, 15) is 4.79 Å². The fourth-order valence-electron chi connectivity index (χ4n) is 0.893. The fourth-order valence-corrected chi connectivity index (χ4v) is 0.893. The van der Waals surface area contributed by atoms with E-state index in [0.717, 1.165) is 12.8 Å². The first-order chi connectivity index (χ1) is 4.20. The van der Waals surface area contributed by atoms with E-state index in [1.54, 1.807) is 0 Å². The standard InChI is InChI=1S/C6H11NO2/c7-5(3-6(8)9)4-1-2-4/h4-5H,1-3,7H2,(H,8,9). The van der Waals surface area contributed by atoms with Crippen molar-refractivity contribution >= 4 is 5.97 Å². The number of carboxylic acids is 1. The average Bonchev–Trinajstić information content (AvgIpc) is 2.40. The van der Waals surface area contributed by atoms with Gasteiger partial charge in [0.2, 0.25) is 0 Å². The summed E-state index contributed by atoms with van der Waals surface area (Å²) < 4.78 is 0. The smallest absolute Gasteiger partial charge is 0.304 e. The summed E-state index contributed by atoms with van der Waals surface area (Å²) in [6.07, 6.45) is 2.37. The maximum Gasteiger partial charge on any atom is 0.304 e. The van der Waals surface area contributed by atoms with Gasteiger partial charge in [-0.15, -0.1) is 0 Å². The lowest BCUT2D eigenvalue weighted by atomic mass is 10.1. The molecule has 1 fully saturated rings. The van der Waals surface area contributed by atoms with Gasteiger partial charge in [0.1, 0.15) is 0 Å². The van der Waals surface area contributed by atoms with Gasteiger partial charge in [-0.2, -0.15) is 0 Å². The number of nitrogens with two attached hydrogens (primary N) is 1. The Morgan fingerprint density at radius 3 is 2.67 bits per heavy atom. The minimum Gasteiger partial charge on any atom is -0.481 e. The molecular weight excluding hydrogens is 118 g/mol. The first-order valence-corrected chi connectivity index (χ1v) is 3.17. The van der Waals surface area contributed by atoms with Gasteiger partial charge in [0.05, 0.1) is 6.42 Å². The van der Waals surface area contributed by atoms with Crippen molar-refractivity contribution in [1.29, 1.82) is 0 Å². The molecule has 52 valence electrons. The van der Waals surface area contributed by atoms with Crippen LogP contribution >= 0.6 is 0 Å². The van der Waals surface area contributed by atoms with Crippen LogP contribution in [0.4, 0.5) is 0 Å². The summed E-state index contributed by atoms with van der Waals surface area (Å²) >= 11 is 0. The molecule has 0 aromatic rings. The predicted molar refractivity (Wildman–Crippen MR) is 33.0 cm³/mol. The predicted octanol–water partition coefficient (Wildman–Crippen LogP) is 0.198. The SMILES string of the molecule is NC(CC(=O)O)C1CC1. The van der Waals surface area contributed by atoms with Gasteiger partial charge in [0.15, 0.2) is 0 Å². The molecule has 1 rings (SSSR count). The molecule has 0 aliphatic heterocycles. The van der Waals surface area contributed by atoms with E-state index in [2.05, 4.69) is 0 Å². The summed E-state index contributed by atoms with van der Waals surface area (Å²) in [5.74, 6) is -0.282. The van der Waals surface area contributed by atoms with Crippen LogP contribution < -0.4 is 5.73 Å². The highest BCUT2D eigenvalue weighted by Gasteiger charge is 2.29. The number of hydrogen-bond donors (Lipinski definition) is 2. The van der Waals surface area contributed by atoms with Crippen LogP contribution in [0.2, 0.25) is 0 Å². The molecule has 0 amide bonds. The molecule has 0 heterocycles. The van der Waals surface area contributed by atoms with Crippen LogP contribution in [-0.4, -0.2) is 17.1 Å². The van der Waals surface area contributed by atoms with E-state index in [-0.39, 0.29) is 12.5 Å². The topological polar surface area (TPSA) is 63.3 Å². The summed E-state index contributed by atoms with van der Waals surface area (Å²) in [4.78, 5) is 10.1. The number of aliphatic carboxylic acids is 1. The van der Waals surface area contributed by atoms with Crippen LogP contribution in [0.15, 0.2) is 0 Å².